The molecule has 0 heterocycles. The Morgan fingerprint density at radius 3 is 2.32 bits per heavy atom. The van der Waals surface area contributed by atoms with Crippen LogP contribution in [0.4, 0.5) is 0 Å². The fraction of sp³-hybridized carbons (Fsp3) is 0.0333. The van der Waals surface area contributed by atoms with Gasteiger partial charge in [-0.3, -0.25) is 0 Å². The van der Waals surface area contributed by atoms with Gasteiger partial charge in [0.05, 0.1) is 11.6 Å². The zero-order valence-corrected chi connectivity index (χ0v) is 19.6. The molecule has 0 aliphatic carbocycles. The van der Waals surface area contributed by atoms with Crippen molar-refractivity contribution in [3.05, 3.63) is 124 Å². The molecule has 0 spiro atoms. The van der Waals surface area contributed by atoms with E-state index in [2.05, 4.69) is 24.3 Å². The summed E-state index contributed by atoms with van der Waals surface area (Å²) >= 11 is 12.4. The van der Waals surface area contributed by atoms with E-state index in [1.54, 1.807) is 12.1 Å². The van der Waals surface area contributed by atoms with Crippen molar-refractivity contribution in [2.24, 2.45) is 0 Å². The quantitative estimate of drug-likeness (QED) is 0.186. The molecule has 0 aliphatic rings. The monoisotopic (exact) mass is 479 g/mol. The fourth-order valence-corrected chi connectivity index (χ4v) is 4.49. The standard InChI is InChI=1S/C30H19Cl2NO/c31-26-13-11-24(29(32)17-26)19-34-30-14-12-21-6-3-4-8-27(21)28(30)16-25(18-33)23-10-9-20-5-1-2-7-22(20)15-23/h1-17H,19H2/b25-16-. The second kappa shape index (κ2) is 9.61. The molecule has 0 bridgehead atoms. The molecule has 2 nitrogen and oxygen atoms in total. The Morgan fingerprint density at radius 2 is 1.53 bits per heavy atom. The Bertz CT molecular complexity index is 1600. The maximum absolute atomic E-state index is 10.1. The minimum Gasteiger partial charge on any atom is -0.488 e. The van der Waals surface area contributed by atoms with Gasteiger partial charge in [-0.05, 0) is 57.4 Å². The van der Waals surface area contributed by atoms with Gasteiger partial charge in [-0.25, -0.2) is 0 Å². The molecule has 4 heteroatoms. The van der Waals surface area contributed by atoms with E-state index in [4.69, 9.17) is 27.9 Å². The van der Waals surface area contributed by atoms with Gasteiger partial charge < -0.3 is 4.74 Å². The highest BCUT2D eigenvalue weighted by molar-refractivity contribution is 6.35. The molecule has 5 aromatic carbocycles. The summed E-state index contributed by atoms with van der Waals surface area (Å²) in [5.41, 5.74) is 3.12. The number of nitrogens with zero attached hydrogens (tertiary/aromatic N) is 1. The minimum atomic E-state index is 0.285. The maximum atomic E-state index is 10.1. The van der Waals surface area contributed by atoms with E-state index in [0.717, 1.165) is 38.2 Å². The summed E-state index contributed by atoms with van der Waals surface area (Å²) in [5, 5.41) is 15.5. The number of allylic oxidation sites excluding steroid dienone is 1. The van der Waals surface area contributed by atoms with E-state index in [0.29, 0.717) is 21.4 Å². The molecule has 0 aliphatic heterocycles. The Labute approximate surface area is 208 Å². The maximum Gasteiger partial charge on any atom is 0.127 e. The zero-order valence-electron chi connectivity index (χ0n) is 18.1. The van der Waals surface area contributed by atoms with Crippen LogP contribution in [-0.2, 0) is 6.61 Å². The highest BCUT2D eigenvalue weighted by Gasteiger charge is 2.12. The number of ether oxygens (including phenoxy) is 1. The molecular formula is C30H19Cl2NO. The summed E-state index contributed by atoms with van der Waals surface area (Å²) in [6.07, 6.45) is 1.91. The molecular weight excluding hydrogens is 461 g/mol. The van der Waals surface area contributed by atoms with Crippen LogP contribution in [0.3, 0.4) is 0 Å². The van der Waals surface area contributed by atoms with Gasteiger partial charge in [-0.1, -0.05) is 96.0 Å². The first-order valence-corrected chi connectivity index (χ1v) is 11.6. The molecule has 0 saturated heterocycles. The number of benzene rings is 5. The van der Waals surface area contributed by atoms with Crippen molar-refractivity contribution in [2.45, 2.75) is 6.61 Å². The SMILES string of the molecule is N#C/C(=C/c1c(OCc2ccc(Cl)cc2Cl)ccc2ccccc12)c1ccc2ccccc2c1. The lowest BCUT2D eigenvalue weighted by molar-refractivity contribution is 0.306. The van der Waals surface area contributed by atoms with Crippen LogP contribution in [0.15, 0.2) is 97.1 Å². The van der Waals surface area contributed by atoms with Crippen molar-refractivity contribution < 1.29 is 4.74 Å². The second-order valence-electron chi connectivity index (χ2n) is 7.95. The van der Waals surface area contributed by atoms with Gasteiger partial charge >= 0.3 is 0 Å². The van der Waals surface area contributed by atoms with Crippen LogP contribution >= 0.6 is 23.2 Å². The molecule has 5 aromatic rings. The third kappa shape index (κ3) is 4.50. The van der Waals surface area contributed by atoms with Crippen LogP contribution in [0.2, 0.25) is 10.0 Å². The number of hydrogen-bond acceptors (Lipinski definition) is 2. The van der Waals surface area contributed by atoms with Crippen LogP contribution in [0.5, 0.6) is 5.75 Å². The third-order valence-corrected chi connectivity index (χ3v) is 6.39. The average Bonchev–Trinajstić information content (AvgIpc) is 2.87. The number of halogens is 2. The van der Waals surface area contributed by atoms with Crippen molar-refractivity contribution in [2.75, 3.05) is 0 Å². The number of hydrogen-bond donors (Lipinski definition) is 0. The van der Waals surface area contributed by atoms with Crippen molar-refractivity contribution in [3.8, 4) is 11.8 Å². The van der Waals surface area contributed by atoms with Gasteiger partial charge in [0.15, 0.2) is 0 Å². The van der Waals surface area contributed by atoms with Crippen LogP contribution in [-0.4, -0.2) is 0 Å². The molecule has 0 radical (unpaired) electrons. The van der Waals surface area contributed by atoms with Gasteiger partial charge in [-0.15, -0.1) is 0 Å². The predicted molar refractivity (Wildman–Crippen MR) is 142 cm³/mol. The summed E-state index contributed by atoms with van der Waals surface area (Å²) in [5.74, 6) is 0.679. The highest BCUT2D eigenvalue weighted by Crippen LogP contribution is 2.33. The highest BCUT2D eigenvalue weighted by atomic mass is 35.5. The lowest BCUT2D eigenvalue weighted by Gasteiger charge is -2.14. The molecule has 34 heavy (non-hydrogen) atoms. The smallest absolute Gasteiger partial charge is 0.127 e. The van der Waals surface area contributed by atoms with Crippen molar-refractivity contribution >= 4 is 56.4 Å². The molecule has 0 aromatic heterocycles. The minimum absolute atomic E-state index is 0.285. The van der Waals surface area contributed by atoms with Crippen LogP contribution in [0, 0.1) is 11.3 Å². The Kier molecular flexibility index (Phi) is 6.23. The molecule has 164 valence electrons. The van der Waals surface area contributed by atoms with Gasteiger partial charge in [0.1, 0.15) is 12.4 Å². The average molecular weight is 480 g/mol. The first-order chi connectivity index (χ1) is 16.6. The predicted octanol–water partition coefficient (Wildman–Crippen LogP) is 8.94. The molecule has 0 N–H and O–H groups in total. The molecule has 5 rings (SSSR count). The van der Waals surface area contributed by atoms with Crippen LogP contribution in [0.25, 0.3) is 33.2 Å². The van der Waals surface area contributed by atoms with Gasteiger partial charge in [0, 0.05) is 21.2 Å². The van der Waals surface area contributed by atoms with Gasteiger partial charge in [-0.2, -0.15) is 5.26 Å². The first kappa shape index (κ1) is 22.0. The van der Waals surface area contributed by atoms with Gasteiger partial charge in [0.2, 0.25) is 0 Å². The number of nitriles is 1. The normalized spacial score (nSPS) is 11.5. The van der Waals surface area contributed by atoms with Gasteiger partial charge in [0.25, 0.3) is 0 Å². The fourth-order valence-electron chi connectivity index (χ4n) is 4.03. The number of rotatable bonds is 5. The summed E-state index contributed by atoms with van der Waals surface area (Å²) in [6.45, 7) is 0.285. The Morgan fingerprint density at radius 1 is 0.794 bits per heavy atom. The van der Waals surface area contributed by atoms with E-state index in [9.17, 15) is 5.26 Å². The lowest BCUT2D eigenvalue weighted by Crippen LogP contribution is -1.99. The molecule has 0 fully saturated rings. The molecule has 0 atom stereocenters. The van der Waals surface area contributed by atoms with Crippen molar-refractivity contribution in [1.82, 2.24) is 0 Å². The summed E-state index contributed by atoms with van der Waals surface area (Å²) < 4.78 is 6.22. The molecule has 0 amide bonds. The van der Waals surface area contributed by atoms with E-state index in [1.165, 1.54) is 0 Å². The third-order valence-electron chi connectivity index (χ3n) is 5.80. The molecule has 0 saturated carbocycles. The largest absolute Gasteiger partial charge is 0.488 e. The molecule has 0 unspecified atom stereocenters. The van der Waals surface area contributed by atoms with Crippen molar-refractivity contribution in [1.29, 1.82) is 5.26 Å². The Hall–Kier alpha value is -3.77. The second-order valence-corrected chi connectivity index (χ2v) is 8.80. The van der Waals surface area contributed by atoms with E-state index in [-0.39, 0.29) is 6.61 Å². The van der Waals surface area contributed by atoms with Crippen LogP contribution < -0.4 is 4.74 Å². The number of fused-ring (bicyclic) bond motifs is 2. The van der Waals surface area contributed by atoms with Crippen molar-refractivity contribution in [3.63, 3.8) is 0 Å². The van der Waals surface area contributed by atoms with Crippen LogP contribution in [0.1, 0.15) is 16.7 Å². The topological polar surface area (TPSA) is 33.0 Å². The first-order valence-electron chi connectivity index (χ1n) is 10.8. The zero-order chi connectivity index (χ0) is 23.5. The van der Waals surface area contributed by atoms with E-state index < -0.39 is 0 Å². The van der Waals surface area contributed by atoms with E-state index >= 15 is 0 Å². The van der Waals surface area contributed by atoms with E-state index in [1.807, 2.05) is 72.8 Å². The lowest BCUT2D eigenvalue weighted by atomic mass is 9.97. The Balaban J connectivity index is 1.60. The summed E-state index contributed by atoms with van der Waals surface area (Å²) in [4.78, 5) is 0. The summed E-state index contributed by atoms with van der Waals surface area (Å²) in [6, 6.07) is 34.0. The summed E-state index contributed by atoms with van der Waals surface area (Å²) in [7, 11) is 0.